The number of primary amides is 1. The van der Waals surface area contributed by atoms with E-state index in [1.165, 1.54) is 24.0 Å². The van der Waals surface area contributed by atoms with Gasteiger partial charge in [0.1, 0.15) is 42.0 Å². The molecule has 66 heavy (non-hydrogen) atoms. The number of H-pyrrole nitrogens is 1. The van der Waals surface area contributed by atoms with E-state index in [4.69, 9.17) is 11.5 Å². The number of aromatic amines is 1. The summed E-state index contributed by atoms with van der Waals surface area (Å²) in [6.07, 6.45) is -0.565. The smallest absolute Gasteiger partial charge is 0.326 e. The Hall–Kier alpha value is -7.36. The summed E-state index contributed by atoms with van der Waals surface area (Å²) in [5.74, 6) is -7.95. The van der Waals surface area contributed by atoms with Gasteiger partial charge in [-0.25, -0.2) is 4.79 Å². The Morgan fingerprint density at radius 2 is 1.36 bits per heavy atom. The number of hydrogen-bond acceptors (Lipinski definition) is 12. The number of aliphatic carboxylic acids is 1. The van der Waals surface area contributed by atoms with Crippen molar-refractivity contribution in [2.24, 2.45) is 11.5 Å². The van der Waals surface area contributed by atoms with Crippen LogP contribution in [0.5, 0.6) is 5.75 Å². The van der Waals surface area contributed by atoms with Gasteiger partial charge in [0, 0.05) is 36.5 Å². The molecule has 352 valence electrons. The highest BCUT2D eigenvalue weighted by molar-refractivity contribution is 5.98. The number of nitrogens with one attached hydrogen (secondary N) is 6. The summed E-state index contributed by atoms with van der Waals surface area (Å²) < 4.78 is 0. The number of hydrogen-bond donors (Lipinski definition) is 12. The number of phenolic OH excluding ortho intramolecular Hbond substituents is 1. The molecular formula is C45H55N9O12. The second-order valence-corrected chi connectivity index (χ2v) is 16.1. The van der Waals surface area contributed by atoms with Gasteiger partial charge in [-0.05, 0) is 61.1 Å². The number of carbonyl (C=O) groups excluding carboxylic acids is 7. The average molecular weight is 914 g/mol. The number of aliphatic hydroxyl groups is 2. The van der Waals surface area contributed by atoms with Crippen LogP contribution in [0.2, 0.25) is 0 Å². The fourth-order valence-electron chi connectivity index (χ4n) is 7.60. The number of carboxylic acids is 1. The van der Waals surface area contributed by atoms with Gasteiger partial charge in [0.2, 0.25) is 41.4 Å². The van der Waals surface area contributed by atoms with Crippen molar-refractivity contribution in [3.63, 3.8) is 0 Å². The molecule has 1 aliphatic rings. The molecule has 14 N–H and O–H groups in total. The van der Waals surface area contributed by atoms with Crippen LogP contribution in [-0.4, -0.2) is 139 Å². The number of nitrogens with two attached hydrogens (primary N) is 2. The Balaban J connectivity index is 1.32. The summed E-state index contributed by atoms with van der Waals surface area (Å²) in [5.41, 5.74) is 13.9. The van der Waals surface area contributed by atoms with Crippen LogP contribution in [0, 0.1) is 0 Å². The normalized spacial score (nSPS) is 16.7. The topological polar surface area (TPSA) is 349 Å². The lowest BCUT2D eigenvalue weighted by atomic mass is 10.0. The maximum atomic E-state index is 14.2. The molecule has 4 aromatic rings. The molecule has 0 radical (unpaired) electrons. The van der Waals surface area contributed by atoms with Crippen molar-refractivity contribution >= 4 is 58.2 Å². The molecule has 1 fully saturated rings. The first-order valence-electron chi connectivity index (χ1n) is 21.2. The van der Waals surface area contributed by atoms with Crippen LogP contribution in [0.15, 0.2) is 85.1 Å². The number of aromatic nitrogens is 1. The second kappa shape index (κ2) is 23.0. The molecule has 1 aromatic heterocycles. The van der Waals surface area contributed by atoms with E-state index in [1.54, 1.807) is 72.9 Å². The average Bonchev–Trinajstić information content (AvgIpc) is 3.95. The number of carbonyl (C=O) groups is 8. The fraction of sp³-hybridized carbons (Fsp3) is 0.378. The van der Waals surface area contributed by atoms with Gasteiger partial charge in [-0.15, -0.1) is 0 Å². The summed E-state index contributed by atoms with van der Waals surface area (Å²) in [5, 5.41) is 53.2. The van der Waals surface area contributed by atoms with Crippen molar-refractivity contribution in [3.8, 4) is 5.75 Å². The van der Waals surface area contributed by atoms with Crippen LogP contribution in [0.4, 0.5) is 0 Å². The molecule has 0 spiro atoms. The molecule has 0 aliphatic carbocycles. The summed E-state index contributed by atoms with van der Waals surface area (Å²) in [6.45, 7) is 0.400. The molecule has 2 heterocycles. The molecule has 3 aromatic carbocycles. The lowest BCUT2D eigenvalue weighted by Gasteiger charge is -2.30. The zero-order valence-electron chi connectivity index (χ0n) is 36.0. The zero-order valence-corrected chi connectivity index (χ0v) is 36.0. The number of likely N-dealkylation sites (tertiary alicyclic amines) is 1. The van der Waals surface area contributed by atoms with E-state index in [2.05, 4.69) is 31.6 Å². The van der Waals surface area contributed by atoms with E-state index in [0.29, 0.717) is 34.0 Å². The predicted octanol–water partition coefficient (Wildman–Crippen LogP) is -2.02. The zero-order chi connectivity index (χ0) is 48.1. The third-order valence-corrected chi connectivity index (χ3v) is 11.1. The Morgan fingerprint density at radius 3 is 2.02 bits per heavy atom. The van der Waals surface area contributed by atoms with Gasteiger partial charge in [-0.2, -0.15) is 0 Å². The van der Waals surface area contributed by atoms with Gasteiger partial charge in [-0.3, -0.25) is 33.6 Å². The molecule has 21 nitrogen and oxygen atoms in total. The van der Waals surface area contributed by atoms with Crippen LogP contribution in [-0.2, 0) is 57.6 Å². The molecule has 1 saturated heterocycles. The Bertz CT molecular complexity index is 2380. The first-order chi connectivity index (χ1) is 31.4. The predicted molar refractivity (Wildman–Crippen MR) is 237 cm³/mol. The van der Waals surface area contributed by atoms with Crippen molar-refractivity contribution in [2.75, 3.05) is 13.2 Å². The van der Waals surface area contributed by atoms with Gasteiger partial charge in [0.15, 0.2) is 0 Å². The number of fused-ring (bicyclic) bond motifs is 1. The van der Waals surface area contributed by atoms with Crippen molar-refractivity contribution < 1.29 is 58.8 Å². The SMILES string of the molecule is CC(O)C(NC(=O)C(Cc1c[nH]c2ccccc12)NC(=O)C1CCCN1C(=O)C(CO)NC(=O)C(N)Cc1ccc(O)cc1)C(=O)NC(CC(N)=O)C(=O)NC(Cc1ccccc1)C(=O)O. The van der Waals surface area contributed by atoms with Gasteiger partial charge in [0.05, 0.1) is 25.2 Å². The maximum Gasteiger partial charge on any atom is 0.326 e. The van der Waals surface area contributed by atoms with E-state index in [1.807, 2.05) is 0 Å². The lowest BCUT2D eigenvalue weighted by molar-refractivity contribution is -0.143. The number of nitrogens with zero attached hydrogens (tertiary/aromatic N) is 1. The minimum atomic E-state index is -1.80. The van der Waals surface area contributed by atoms with Gasteiger partial charge in [-0.1, -0.05) is 60.7 Å². The number of rotatable bonds is 22. The minimum Gasteiger partial charge on any atom is -0.508 e. The molecular weight excluding hydrogens is 859 g/mol. The number of aliphatic hydroxyl groups excluding tert-OH is 2. The summed E-state index contributed by atoms with van der Waals surface area (Å²) in [7, 11) is 0. The van der Waals surface area contributed by atoms with Gasteiger partial charge < -0.3 is 68.4 Å². The maximum absolute atomic E-state index is 14.2. The van der Waals surface area contributed by atoms with E-state index in [-0.39, 0.29) is 38.0 Å². The fourth-order valence-corrected chi connectivity index (χ4v) is 7.60. The lowest BCUT2D eigenvalue weighted by Crippen LogP contribution is -2.62. The van der Waals surface area contributed by atoms with Crippen LogP contribution in [0.3, 0.4) is 0 Å². The Morgan fingerprint density at radius 1 is 0.742 bits per heavy atom. The number of carboxylic acid groups (broad SMARTS) is 1. The third kappa shape index (κ3) is 13.3. The van der Waals surface area contributed by atoms with Crippen molar-refractivity contribution in [2.45, 2.75) is 93.8 Å². The standard InChI is InChI=1S/C45H55N9O12/c1-24(56)38(43(63)50-33(21-37(47)58)40(60)51-34(45(65)66)19-25-8-3-2-4-9-25)53-41(61)32(20-27-22-48-31-11-6-5-10-29(27)31)49-42(62)36-12-7-17-54(36)44(64)35(23-55)52-39(59)30(46)18-26-13-15-28(57)16-14-26/h2-6,8-11,13-16,22,24,30,32-36,38,48,55-57H,7,12,17-21,23,46H2,1H3,(H2,47,58)(H,49,62)(H,50,63)(H,51,60)(H,52,59)(H,53,61)(H,65,66). The summed E-state index contributed by atoms with van der Waals surface area (Å²) >= 11 is 0. The highest BCUT2D eigenvalue weighted by Crippen LogP contribution is 2.22. The Labute approximate surface area is 378 Å². The number of aromatic hydroxyl groups is 1. The van der Waals surface area contributed by atoms with Gasteiger partial charge in [0.25, 0.3) is 0 Å². The molecule has 8 unspecified atom stereocenters. The summed E-state index contributed by atoms with van der Waals surface area (Å²) in [4.78, 5) is 111. The minimum absolute atomic E-state index is 0.0212. The quantitative estimate of drug-likeness (QED) is 0.0406. The van der Waals surface area contributed by atoms with Crippen LogP contribution >= 0.6 is 0 Å². The second-order valence-electron chi connectivity index (χ2n) is 16.1. The molecule has 0 saturated carbocycles. The largest absolute Gasteiger partial charge is 0.508 e. The van der Waals surface area contributed by atoms with Crippen LogP contribution in [0.25, 0.3) is 10.9 Å². The monoisotopic (exact) mass is 913 g/mol. The van der Waals surface area contributed by atoms with E-state index >= 15 is 0 Å². The molecule has 21 heteroatoms. The number of amides is 7. The van der Waals surface area contributed by atoms with Crippen LogP contribution < -0.4 is 38.1 Å². The molecule has 7 amide bonds. The van der Waals surface area contributed by atoms with Crippen molar-refractivity contribution in [1.82, 2.24) is 36.5 Å². The van der Waals surface area contributed by atoms with Crippen molar-refractivity contribution in [3.05, 3.63) is 102 Å². The highest BCUT2D eigenvalue weighted by Gasteiger charge is 2.40. The van der Waals surface area contributed by atoms with Crippen LogP contribution in [0.1, 0.15) is 42.9 Å². The Kier molecular flexibility index (Phi) is 17.3. The molecule has 1 aliphatic heterocycles. The first kappa shape index (κ1) is 49.7. The van der Waals surface area contributed by atoms with Gasteiger partial charge >= 0.3 is 5.97 Å². The van der Waals surface area contributed by atoms with Crippen molar-refractivity contribution in [1.29, 1.82) is 0 Å². The third-order valence-electron chi connectivity index (χ3n) is 11.1. The van der Waals surface area contributed by atoms with E-state index < -0.39 is 109 Å². The first-order valence-corrected chi connectivity index (χ1v) is 21.2. The number of benzene rings is 3. The number of phenols is 1. The summed E-state index contributed by atoms with van der Waals surface area (Å²) in [6, 6.07) is 11.2. The number of para-hydroxylation sites is 1. The highest BCUT2D eigenvalue weighted by atomic mass is 16.4. The molecule has 8 atom stereocenters. The molecule has 5 rings (SSSR count). The van der Waals surface area contributed by atoms with E-state index in [9.17, 15) is 58.8 Å². The molecule has 0 bridgehead atoms. The van der Waals surface area contributed by atoms with E-state index in [0.717, 1.165) is 0 Å².